The Labute approximate surface area is 159 Å². The van der Waals surface area contributed by atoms with E-state index in [1.165, 1.54) is 0 Å². The van der Waals surface area contributed by atoms with Crippen molar-refractivity contribution in [2.75, 3.05) is 6.61 Å². The summed E-state index contributed by atoms with van der Waals surface area (Å²) in [7, 11) is -1.82. The van der Waals surface area contributed by atoms with E-state index in [-0.39, 0.29) is 29.1 Å². The molecule has 3 atom stereocenters. The first kappa shape index (κ1) is 21.1. The number of ether oxygens (including phenoxy) is 2. The lowest BCUT2D eigenvalue weighted by Crippen LogP contribution is -2.44. The number of hydrogen-bond acceptors (Lipinski definition) is 4. The largest absolute Gasteiger partial charge is 0.460 e. The van der Waals surface area contributed by atoms with Gasteiger partial charge in [-0.2, -0.15) is 0 Å². The van der Waals surface area contributed by atoms with E-state index in [1.807, 2.05) is 18.2 Å². The molecule has 0 amide bonds. The summed E-state index contributed by atoms with van der Waals surface area (Å²) in [6, 6.07) is 10.1. The van der Waals surface area contributed by atoms with Gasteiger partial charge in [-0.25, -0.2) is 0 Å². The van der Waals surface area contributed by atoms with Crippen molar-refractivity contribution >= 4 is 14.3 Å². The molecule has 1 fully saturated rings. The maximum Gasteiger partial charge on any atom is 0.306 e. The molecule has 1 saturated heterocycles. The van der Waals surface area contributed by atoms with Crippen LogP contribution in [0.2, 0.25) is 18.1 Å². The van der Waals surface area contributed by atoms with E-state index in [0.717, 1.165) is 12.0 Å². The molecule has 1 heterocycles. The number of carbonyl (C=O) groups is 1. The molecule has 0 N–H and O–H groups in total. The van der Waals surface area contributed by atoms with Crippen LogP contribution in [0.4, 0.5) is 0 Å². The standard InChI is InChI=1S/C21H34O4Si/c1-16(14-24-26(5,6)21(2,3)4)20(18-12-13-19(22)25-18)23-15-17-10-8-7-9-11-17/h7-11,16,18,20H,12-15H2,1-6H3/t16-,18+,20-/m1/s1. The highest BCUT2D eigenvalue weighted by molar-refractivity contribution is 6.74. The van der Waals surface area contributed by atoms with Gasteiger partial charge in [0, 0.05) is 18.9 Å². The van der Waals surface area contributed by atoms with Crippen LogP contribution in [0.15, 0.2) is 30.3 Å². The van der Waals surface area contributed by atoms with Gasteiger partial charge in [0.05, 0.1) is 12.7 Å². The highest BCUT2D eigenvalue weighted by atomic mass is 28.4. The molecule has 0 spiro atoms. The molecule has 0 aliphatic carbocycles. The quantitative estimate of drug-likeness (QED) is 0.475. The van der Waals surface area contributed by atoms with E-state index in [4.69, 9.17) is 13.9 Å². The topological polar surface area (TPSA) is 44.8 Å². The van der Waals surface area contributed by atoms with Crippen LogP contribution in [-0.4, -0.2) is 33.1 Å². The Kier molecular flexibility index (Phi) is 7.05. The number of benzene rings is 1. The van der Waals surface area contributed by atoms with E-state index < -0.39 is 8.32 Å². The Morgan fingerprint density at radius 1 is 1.23 bits per heavy atom. The van der Waals surface area contributed by atoms with E-state index in [0.29, 0.717) is 19.6 Å². The van der Waals surface area contributed by atoms with Crippen LogP contribution in [0, 0.1) is 5.92 Å². The van der Waals surface area contributed by atoms with Gasteiger partial charge < -0.3 is 13.9 Å². The van der Waals surface area contributed by atoms with E-state index >= 15 is 0 Å². The maximum atomic E-state index is 11.6. The highest BCUT2D eigenvalue weighted by Crippen LogP contribution is 2.37. The highest BCUT2D eigenvalue weighted by Gasteiger charge is 2.40. The molecular weight excluding hydrogens is 344 g/mol. The molecular formula is C21H34O4Si. The number of rotatable bonds is 8. The van der Waals surface area contributed by atoms with Crippen LogP contribution >= 0.6 is 0 Å². The van der Waals surface area contributed by atoms with Crippen molar-refractivity contribution in [3.8, 4) is 0 Å². The zero-order chi connectivity index (χ0) is 19.4. The molecule has 1 aliphatic rings. The number of esters is 1. The second-order valence-electron chi connectivity index (χ2n) is 8.88. The van der Waals surface area contributed by atoms with Crippen LogP contribution in [0.25, 0.3) is 0 Å². The zero-order valence-corrected chi connectivity index (χ0v) is 18.1. The van der Waals surface area contributed by atoms with Crippen molar-refractivity contribution in [3.05, 3.63) is 35.9 Å². The Morgan fingerprint density at radius 3 is 2.42 bits per heavy atom. The molecule has 5 heteroatoms. The maximum absolute atomic E-state index is 11.6. The molecule has 2 rings (SSSR count). The van der Waals surface area contributed by atoms with Gasteiger partial charge in [0.25, 0.3) is 0 Å². The summed E-state index contributed by atoms with van der Waals surface area (Å²) in [4.78, 5) is 11.6. The first-order valence-electron chi connectivity index (χ1n) is 9.59. The first-order valence-corrected chi connectivity index (χ1v) is 12.5. The van der Waals surface area contributed by atoms with Gasteiger partial charge in [-0.15, -0.1) is 0 Å². The SMILES string of the molecule is C[C@H](CO[Si](C)(C)C(C)(C)C)[C@@H](OCc1ccccc1)[C@@H]1CCC(=O)O1. The summed E-state index contributed by atoms with van der Waals surface area (Å²) in [5, 5.41) is 0.174. The van der Waals surface area contributed by atoms with Gasteiger partial charge in [-0.1, -0.05) is 58.0 Å². The summed E-state index contributed by atoms with van der Waals surface area (Å²) in [5.74, 6) is 0.0320. The third-order valence-electron chi connectivity index (χ3n) is 5.64. The molecule has 1 aromatic carbocycles. The number of cyclic esters (lactones) is 1. The monoisotopic (exact) mass is 378 g/mol. The third kappa shape index (κ3) is 5.66. The summed E-state index contributed by atoms with van der Waals surface area (Å²) in [6.07, 6.45) is 0.879. The molecule has 0 unspecified atom stereocenters. The predicted molar refractivity (Wildman–Crippen MR) is 106 cm³/mol. The van der Waals surface area contributed by atoms with Crippen LogP contribution in [0.3, 0.4) is 0 Å². The van der Waals surface area contributed by atoms with Crippen molar-refractivity contribution in [3.63, 3.8) is 0 Å². The average molecular weight is 379 g/mol. The van der Waals surface area contributed by atoms with Gasteiger partial charge >= 0.3 is 5.97 Å². The summed E-state index contributed by atoms with van der Waals surface area (Å²) in [5.41, 5.74) is 1.12. The minimum absolute atomic E-state index is 0.124. The molecule has 0 radical (unpaired) electrons. The van der Waals surface area contributed by atoms with Crippen molar-refractivity contribution in [1.29, 1.82) is 0 Å². The van der Waals surface area contributed by atoms with E-state index in [2.05, 4.69) is 52.9 Å². The normalized spacial score (nSPS) is 20.7. The van der Waals surface area contributed by atoms with Gasteiger partial charge in [-0.05, 0) is 30.1 Å². The van der Waals surface area contributed by atoms with Crippen LogP contribution in [0.5, 0.6) is 0 Å². The second kappa shape index (κ2) is 8.68. The van der Waals surface area contributed by atoms with Crippen molar-refractivity contribution in [2.24, 2.45) is 5.92 Å². The second-order valence-corrected chi connectivity index (χ2v) is 13.7. The Bertz CT molecular complexity index is 579. The predicted octanol–water partition coefficient (Wildman–Crippen LogP) is 4.94. The van der Waals surface area contributed by atoms with Crippen molar-refractivity contribution in [1.82, 2.24) is 0 Å². The fourth-order valence-corrected chi connectivity index (χ4v) is 3.95. The fraction of sp³-hybridized carbons (Fsp3) is 0.667. The summed E-state index contributed by atoms with van der Waals surface area (Å²) in [6.45, 7) is 14.5. The zero-order valence-electron chi connectivity index (χ0n) is 17.1. The molecule has 1 aliphatic heterocycles. The van der Waals surface area contributed by atoms with Gasteiger partial charge in [0.2, 0.25) is 0 Å². The smallest absolute Gasteiger partial charge is 0.306 e. The Morgan fingerprint density at radius 2 is 1.88 bits per heavy atom. The van der Waals surface area contributed by atoms with Crippen LogP contribution in [0.1, 0.15) is 46.1 Å². The van der Waals surface area contributed by atoms with Gasteiger partial charge in [-0.3, -0.25) is 4.79 Å². The van der Waals surface area contributed by atoms with E-state index in [9.17, 15) is 4.79 Å². The average Bonchev–Trinajstić information content (AvgIpc) is 2.99. The molecule has 1 aromatic rings. The minimum Gasteiger partial charge on any atom is -0.460 e. The first-order chi connectivity index (χ1) is 12.1. The lowest BCUT2D eigenvalue weighted by Gasteiger charge is -2.38. The molecule has 0 saturated carbocycles. The fourth-order valence-electron chi connectivity index (χ4n) is 2.83. The third-order valence-corrected chi connectivity index (χ3v) is 10.1. The number of carbonyl (C=O) groups excluding carboxylic acids is 1. The van der Waals surface area contributed by atoms with Crippen molar-refractivity contribution in [2.45, 2.75) is 77.5 Å². The molecule has 4 nitrogen and oxygen atoms in total. The summed E-state index contributed by atoms with van der Waals surface area (Å²) < 4.78 is 18.1. The van der Waals surface area contributed by atoms with E-state index in [1.54, 1.807) is 0 Å². The number of hydrogen-bond donors (Lipinski definition) is 0. The lowest BCUT2D eigenvalue weighted by atomic mass is 9.98. The Balaban J connectivity index is 2.01. The molecule has 0 aromatic heterocycles. The van der Waals surface area contributed by atoms with Crippen molar-refractivity contribution < 1.29 is 18.7 Å². The minimum atomic E-state index is -1.82. The van der Waals surface area contributed by atoms with Crippen LogP contribution in [-0.2, 0) is 25.3 Å². The Hall–Kier alpha value is -1.17. The molecule has 0 bridgehead atoms. The van der Waals surface area contributed by atoms with Gasteiger partial charge in [0.1, 0.15) is 6.10 Å². The van der Waals surface area contributed by atoms with Crippen LogP contribution < -0.4 is 0 Å². The van der Waals surface area contributed by atoms with Gasteiger partial charge in [0.15, 0.2) is 8.32 Å². The lowest BCUT2D eigenvalue weighted by molar-refractivity contribution is -0.151. The molecule has 146 valence electrons. The molecule has 26 heavy (non-hydrogen) atoms. The summed E-state index contributed by atoms with van der Waals surface area (Å²) >= 11 is 0.